The summed E-state index contributed by atoms with van der Waals surface area (Å²) < 4.78 is 57.6. The summed E-state index contributed by atoms with van der Waals surface area (Å²) >= 11 is 5.75. The average molecular weight is 383 g/mol. The Morgan fingerprint density at radius 2 is 1.78 bits per heavy atom. The third-order valence-electron chi connectivity index (χ3n) is 3.61. The Balaban J connectivity index is 2.13. The Morgan fingerprint density at radius 3 is 2.35 bits per heavy atom. The molecule has 1 heterocycles. The second-order valence-corrected chi connectivity index (χ2v) is 9.92. The van der Waals surface area contributed by atoms with E-state index in [9.17, 15) is 16.8 Å². The van der Waals surface area contributed by atoms with Crippen LogP contribution in [0.25, 0.3) is 0 Å². The van der Waals surface area contributed by atoms with Gasteiger partial charge in [-0.3, -0.25) is 0 Å². The zero-order valence-corrected chi connectivity index (χ0v) is 15.2. The first-order chi connectivity index (χ1) is 10.6. The number of ether oxygens (including phenoxy) is 1. The molecule has 0 spiro atoms. The molecule has 1 aliphatic rings. The van der Waals surface area contributed by atoms with Crippen molar-refractivity contribution >= 4 is 31.6 Å². The van der Waals surface area contributed by atoms with E-state index in [4.69, 9.17) is 16.3 Å². The van der Waals surface area contributed by atoms with Crippen LogP contribution in [-0.2, 0) is 24.8 Å². The van der Waals surface area contributed by atoms with Crippen LogP contribution < -0.4 is 4.72 Å². The molecule has 0 unspecified atom stereocenters. The highest BCUT2D eigenvalue weighted by atomic mass is 35.5. The van der Waals surface area contributed by atoms with Crippen LogP contribution in [0.4, 0.5) is 0 Å². The summed E-state index contributed by atoms with van der Waals surface area (Å²) in [5, 5.41) is 0.433. The van der Waals surface area contributed by atoms with Gasteiger partial charge in [0.1, 0.15) is 0 Å². The van der Waals surface area contributed by atoms with Gasteiger partial charge >= 0.3 is 0 Å². The van der Waals surface area contributed by atoms with Gasteiger partial charge in [0.05, 0.1) is 29.9 Å². The normalized spacial score (nSPS) is 22.6. The largest absolute Gasteiger partial charge is 0.379 e. The number of halogens is 1. The highest BCUT2D eigenvalue weighted by Gasteiger charge is 2.35. The van der Waals surface area contributed by atoms with Crippen molar-refractivity contribution in [3.63, 3.8) is 0 Å². The van der Waals surface area contributed by atoms with Crippen molar-refractivity contribution in [2.45, 2.75) is 10.9 Å². The summed E-state index contributed by atoms with van der Waals surface area (Å²) in [7, 11) is -4.32. The molecule has 1 saturated heterocycles. The quantitative estimate of drug-likeness (QED) is 0.774. The van der Waals surface area contributed by atoms with Crippen LogP contribution in [0, 0.1) is 5.92 Å². The molecule has 7 nitrogen and oxygen atoms in total. The molecular formula is C13H19ClN2O5S2. The molecule has 0 saturated carbocycles. The van der Waals surface area contributed by atoms with E-state index in [0.717, 1.165) is 4.31 Å². The number of nitrogens with one attached hydrogen (secondary N) is 1. The van der Waals surface area contributed by atoms with Gasteiger partial charge in [-0.15, -0.1) is 0 Å². The molecule has 1 N–H and O–H groups in total. The molecule has 2 rings (SSSR count). The maximum absolute atomic E-state index is 12.4. The predicted octanol–water partition coefficient (Wildman–Crippen LogP) is 0.525. The molecule has 1 aromatic rings. The third kappa shape index (κ3) is 4.65. The van der Waals surface area contributed by atoms with E-state index in [-0.39, 0.29) is 23.9 Å². The van der Waals surface area contributed by atoms with Crippen molar-refractivity contribution < 1.29 is 21.6 Å². The Kier molecular flexibility index (Phi) is 5.70. The lowest BCUT2D eigenvalue weighted by atomic mass is 10.1. The molecule has 0 amide bonds. The molecule has 130 valence electrons. The van der Waals surface area contributed by atoms with E-state index in [2.05, 4.69) is 4.72 Å². The van der Waals surface area contributed by atoms with Gasteiger partial charge in [0.2, 0.25) is 20.0 Å². The number of hydrogen-bond acceptors (Lipinski definition) is 5. The van der Waals surface area contributed by atoms with Crippen molar-refractivity contribution in [1.29, 1.82) is 0 Å². The van der Waals surface area contributed by atoms with Crippen molar-refractivity contribution in [3.05, 3.63) is 29.3 Å². The average Bonchev–Trinajstić information content (AvgIpc) is 2.85. The van der Waals surface area contributed by atoms with Gasteiger partial charge < -0.3 is 4.74 Å². The molecule has 0 radical (unpaired) electrons. The van der Waals surface area contributed by atoms with E-state index in [1.54, 1.807) is 0 Å². The van der Waals surface area contributed by atoms with Crippen molar-refractivity contribution in [3.8, 4) is 0 Å². The maximum atomic E-state index is 12.4. The molecule has 10 heteroatoms. The highest BCUT2D eigenvalue weighted by Crippen LogP contribution is 2.20. The molecule has 1 aliphatic heterocycles. The van der Waals surface area contributed by atoms with Gasteiger partial charge in [0, 0.05) is 25.0 Å². The summed E-state index contributed by atoms with van der Waals surface area (Å²) in [6.07, 6.45) is 0. The molecule has 23 heavy (non-hydrogen) atoms. The van der Waals surface area contributed by atoms with Crippen LogP contribution in [-0.4, -0.2) is 60.2 Å². The second kappa shape index (κ2) is 7.04. The van der Waals surface area contributed by atoms with Crippen molar-refractivity contribution in [2.75, 3.05) is 33.1 Å². The SMILES string of the molecule is CN(C)S(=O)(=O)C[C@@H]1COC[C@@H]1NS(=O)(=O)c1ccc(Cl)cc1. The molecule has 0 bridgehead atoms. The van der Waals surface area contributed by atoms with Crippen LogP contribution in [0.1, 0.15) is 0 Å². The third-order valence-corrected chi connectivity index (χ3v) is 7.33. The van der Waals surface area contributed by atoms with Gasteiger partial charge in [-0.2, -0.15) is 0 Å². The minimum Gasteiger partial charge on any atom is -0.379 e. The molecule has 1 aromatic carbocycles. The first kappa shape index (κ1) is 18.6. The minimum atomic E-state index is -3.77. The number of nitrogens with zero attached hydrogens (tertiary/aromatic N) is 1. The van der Waals surface area contributed by atoms with Crippen LogP contribution in [0.15, 0.2) is 29.2 Å². The van der Waals surface area contributed by atoms with Gasteiger partial charge in [0.15, 0.2) is 0 Å². The summed E-state index contributed by atoms with van der Waals surface area (Å²) in [6.45, 7) is 0.335. The smallest absolute Gasteiger partial charge is 0.240 e. The number of rotatable bonds is 6. The monoisotopic (exact) mass is 382 g/mol. The lowest BCUT2D eigenvalue weighted by Gasteiger charge is -2.21. The van der Waals surface area contributed by atoms with E-state index in [0.29, 0.717) is 5.02 Å². The van der Waals surface area contributed by atoms with Crippen LogP contribution in [0.5, 0.6) is 0 Å². The fourth-order valence-corrected chi connectivity index (χ4v) is 4.78. The minimum absolute atomic E-state index is 0.0722. The van der Waals surface area contributed by atoms with E-state index < -0.39 is 32.0 Å². The van der Waals surface area contributed by atoms with Crippen LogP contribution in [0.2, 0.25) is 5.02 Å². The van der Waals surface area contributed by atoms with Crippen molar-refractivity contribution in [1.82, 2.24) is 9.03 Å². The fraction of sp³-hybridized carbons (Fsp3) is 0.538. The van der Waals surface area contributed by atoms with Gasteiger partial charge in [-0.1, -0.05) is 11.6 Å². The van der Waals surface area contributed by atoms with E-state index in [1.807, 2.05) is 0 Å². The highest BCUT2D eigenvalue weighted by molar-refractivity contribution is 7.89. The first-order valence-corrected chi connectivity index (χ1v) is 10.3. The van der Waals surface area contributed by atoms with E-state index >= 15 is 0 Å². The van der Waals surface area contributed by atoms with Crippen LogP contribution >= 0.6 is 11.6 Å². The Bertz CT molecular complexity index is 747. The number of benzene rings is 1. The van der Waals surface area contributed by atoms with Gasteiger partial charge in [0.25, 0.3) is 0 Å². The first-order valence-electron chi connectivity index (χ1n) is 6.88. The Morgan fingerprint density at radius 1 is 1.17 bits per heavy atom. The summed E-state index contributed by atoms with van der Waals surface area (Å²) in [5.41, 5.74) is 0. The molecule has 1 fully saturated rings. The number of hydrogen-bond donors (Lipinski definition) is 1. The zero-order valence-electron chi connectivity index (χ0n) is 12.8. The van der Waals surface area contributed by atoms with E-state index in [1.165, 1.54) is 38.4 Å². The van der Waals surface area contributed by atoms with Crippen molar-refractivity contribution in [2.24, 2.45) is 5.92 Å². The summed E-state index contributed by atoms with van der Waals surface area (Å²) in [4.78, 5) is 0.0722. The lowest BCUT2D eigenvalue weighted by Crippen LogP contribution is -2.43. The Labute approximate surface area is 141 Å². The lowest BCUT2D eigenvalue weighted by molar-refractivity contribution is 0.185. The Hall–Kier alpha value is -0.710. The standard InChI is InChI=1S/C13H19ClN2O5S2/c1-16(2)22(17,18)9-10-7-21-8-13(10)15-23(19,20)12-5-3-11(14)4-6-12/h3-6,10,13,15H,7-9H2,1-2H3/t10-,13-/m0/s1. The van der Waals surface area contributed by atoms with Gasteiger partial charge in [-0.25, -0.2) is 25.9 Å². The second-order valence-electron chi connectivity index (χ2n) is 5.54. The summed E-state index contributed by atoms with van der Waals surface area (Å²) in [5.74, 6) is -0.613. The predicted molar refractivity (Wildman–Crippen MR) is 87.3 cm³/mol. The molecule has 2 atom stereocenters. The van der Waals surface area contributed by atoms with Gasteiger partial charge in [-0.05, 0) is 24.3 Å². The molecule has 0 aromatic heterocycles. The molecule has 0 aliphatic carbocycles. The molecular weight excluding hydrogens is 364 g/mol. The topological polar surface area (TPSA) is 92.8 Å². The maximum Gasteiger partial charge on any atom is 0.240 e. The van der Waals surface area contributed by atoms with Crippen LogP contribution in [0.3, 0.4) is 0 Å². The number of sulfonamides is 2. The fourth-order valence-electron chi connectivity index (χ4n) is 2.19. The zero-order chi connectivity index (χ0) is 17.3. The summed E-state index contributed by atoms with van der Waals surface area (Å²) in [6, 6.07) is 5.16.